The molecule has 0 radical (unpaired) electrons. The number of aromatic nitrogens is 1. The highest BCUT2D eigenvalue weighted by atomic mass is 32.2. The molecule has 210 valence electrons. The van der Waals surface area contributed by atoms with Crippen LogP contribution < -0.4 is 15.2 Å². The van der Waals surface area contributed by atoms with Crippen LogP contribution in [-0.2, 0) is 16.1 Å². The van der Waals surface area contributed by atoms with Crippen molar-refractivity contribution < 1.29 is 19.1 Å². The molecule has 8 nitrogen and oxygen atoms in total. The summed E-state index contributed by atoms with van der Waals surface area (Å²) in [5.74, 6) is 0.732. The quantitative estimate of drug-likeness (QED) is 0.174. The minimum atomic E-state index is -0.389. The number of benzene rings is 2. The van der Waals surface area contributed by atoms with Gasteiger partial charge in [0.05, 0.1) is 31.0 Å². The highest BCUT2D eigenvalue weighted by Crippen LogP contribution is 2.44. The van der Waals surface area contributed by atoms with E-state index in [1.54, 1.807) is 7.11 Å². The Balaban J connectivity index is 1.75. The van der Waals surface area contributed by atoms with E-state index in [4.69, 9.17) is 14.6 Å². The molecule has 0 bridgehead atoms. The van der Waals surface area contributed by atoms with E-state index in [1.165, 1.54) is 44.1 Å². The van der Waals surface area contributed by atoms with Crippen molar-refractivity contribution in [3.8, 4) is 17.0 Å². The molecule has 9 heteroatoms. The second-order valence-corrected chi connectivity index (χ2v) is 11.0. The molecule has 1 saturated carbocycles. The number of amides is 1. The van der Waals surface area contributed by atoms with E-state index in [1.807, 2.05) is 41.7 Å². The van der Waals surface area contributed by atoms with Crippen LogP contribution >= 0.6 is 12.1 Å². The van der Waals surface area contributed by atoms with Crippen LogP contribution in [-0.4, -0.2) is 55.1 Å². The van der Waals surface area contributed by atoms with Gasteiger partial charge in [-0.15, -0.1) is 0 Å². The lowest BCUT2D eigenvalue weighted by molar-refractivity contribution is -0.121. The fraction of sp³-hybridized carbons (Fsp3) is 0.467. The Morgan fingerprint density at radius 3 is 2.49 bits per heavy atom. The summed E-state index contributed by atoms with van der Waals surface area (Å²) in [6, 6.07) is 13.8. The van der Waals surface area contributed by atoms with Gasteiger partial charge in [-0.05, 0) is 86.2 Å². The number of carbonyl (C=O) groups is 2. The molecule has 3 N–H and O–H groups in total. The van der Waals surface area contributed by atoms with E-state index in [2.05, 4.69) is 22.0 Å². The van der Waals surface area contributed by atoms with Crippen LogP contribution in [0.2, 0.25) is 0 Å². The lowest BCUT2D eigenvalue weighted by Gasteiger charge is -2.24. The molecule has 1 aliphatic rings. The van der Waals surface area contributed by atoms with Gasteiger partial charge < -0.3 is 19.4 Å². The van der Waals surface area contributed by atoms with Crippen molar-refractivity contribution in [1.82, 2.24) is 14.2 Å². The first kappa shape index (κ1) is 29.0. The van der Waals surface area contributed by atoms with Crippen LogP contribution in [0, 0.1) is 0 Å². The molecule has 1 aliphatic carbocycles. The van der Waals surface area contributed by atoms with E-state index in [-0.39, 0.29) is 18.4 Å². The first-order valence-corrected chi connectivity index (χ1v) is 14.5. The van der Waals surface area contributed by atoms with Gasteiger partial charge in [0.25, 0.3) is 0 Å². The number of carbonyl (C=O) groups excluding carboxylic acids is 2. The Morgan fingerprint density at radius 2 is 1.82 bits per heavy atom. The molecule has 0 spiro atoms. The van der Waals surface area contributed by atoms with Crippen LogP contribution in [0.5, 0.6) is 5.75 Å². The lowest BCUT2D eigenvalue weighted by Crippen LogP contribution is -2.29. The largest absolute Gasteiger partial charge is 0.497 e. The number of nitrogens with two attached hydrogens (primary N) is 1. The summed E-state index contributed by atoms with van der Waals surface area (Å²) in [5.41, 5.74) is 4.69. The molecule has 39 heavy (non-hydrogen) atoms. The summed E-state index contributed by atoms with van der Waals surface area (Å²) in [5, 5.41) is 9.76. The number of hydrogen-bond donors (Lipinski definition) is 2. The Bertz CT molecular complexity index is 1270. The summed E-state index contributed by atoms with van der Waals surface area (Å²) in [4.78, 5) is 25.7. The number of hydrogen-bond acceptors (Lipinski definition) is 7. The SMILES string of the molecule is COC(=O)c1ccc2c(C3CCCCC3)c(-c3ccc(OC)cc3)n(CC(=O)NCCCCN(C)SN)c2c1. The van der Waals surface area contributed by atoms with Crippen molar-refractivity contribution in [2.75, 3.05) is 34.4 Å². The lowest BCUT2D eigenvalue weighted by atomic mass is 9.82. The Morgan fingerprint density at radius 1 is 1.08 bits per heavy atom. The van der Waals surface area contributed by atoms with Crippen molar-refractivity contribution in [3.05, 3.63) is 53.6 Å². The number of nitrogens with one attached hydrogen (secondary N) is 1. The summed E-state index contributed by atoms with van der Waals surface area (Å²) >= 11 is 1.21. The summed E-state index contributed by atoms with van der Waals surface area (Å²) in [6.07, 6.45) is 7.68. The van der Waals surface area contributed by atoms with E-state index in [0.29, 0.717) is 18.0 Å². The van der Waals surface area contributed by atoms with Gasteiger partial charge in [0.2, 0.25) is 5.91 Å². The van der Waals surface area contributed by atoms with Gasteiger partial charge in [0.1, 0.15) is 12.3 Å². The van der Waals surface area contributed by atoms with Crippen LogP contribution in [0.15, 0.2) is 42.5 Å². The van der Waals surface area contributed by atoms with Crippen molar-refractivity contribution in [2.24, 2.45) is 5.14 Å². The van der Waals surface area contributed by atoms with Crippen molar-refractivity contribution in [3.63, 3.8) is 0 Å². The number of esters is 1. The minimum absolute atomic E-state index is 0.0538. The number of nitrogens with zero attached hydrogens (tertiary/aromatic N) is 2. The van der Waals surface area contributed by atoms with Gasteiger partial charge in [-0.3, -0.25) is 9.93 Å². The predicted octanol–water partition coefficient (Wildman–Crippen LogP) is 5.50. The maximum Gasteiger partial charge on any atom is 0.337 e. The van der Waals surface area contributed by atoms with Gasteiger partial charge in [0, 0.05) is 30.6 Å². The molecular weight excluding hydrogens is 512 g/mol. The summed E-state index contributed by atoms with van der Waals surface area (Å²) in [6.45, 7) is 1.62. The van der Waals surface area contributed by atoms with Crippen LogP contribution in [0.25, 0.3) is 22.2 Å². The van der Waals surface area contributed by atoms with Crippen LogP contribution in [0.1, 0.15) is 66.8 Å². The molecule has 0 atom stereocenters. The third kappa shape index (κ3) is 6.96. The number of rotatable bonds is 12. The van der Waals surface area contributed by atoms with Crippen molar-refractivity contribution >= 4 is 34.9 Å². The Kier molecular flexibility index (Phi) is 10.3. The topological polar surface area (TPSA) is 98.8 Å². The number of ether oxygens (including phenoxy) is 2. The highest BCUT2D eigenvalue weighted by Gasteiger charge is 2.28. The van der Waals surface area contributed by atoms with Gasteiger partial charge in [0.15, 0.2) is 0 Å². The fourth-order valence-electron chi connectivity index (χ4n) is 5.59. The minimum Gasteiger partial charge on any atom is -0.497 e. The summed E-state index contributed by atoms with van der Waals surface area (Å²) < 4.78 is 14.5. The van der Waals surface area contributed by atoms with E-state index < -0.39 is 0 Å². The molecule has 3 aromatic rings. The van der Waals surface area contributed by atoms with Gasteiger partial charge in [-0.25, -0.2) is 9.10 Å². The second-order valence-electron chi connectivity index (χ2n) is 10.1. The Hall–Kier alpha value is -3.01. The fourth-order valence-corrected chi connectivity index (χ4v) is 5.82. The standard InChI is InChI=1S/C30H40N4O4S/c1-33(39-31)18-8-7-17-32-27(35)20-34-26-19-23(30(36)38-3)13-16-25(26)28(21-9-5-4-6-10-21)29(34)22-11-14-24(37-2)15-12-22/h11-16,19,21H,4-10,17-18,20,31H2,1-3H3,(H,32,35). The van der Waals surface area contributed by atoms with Crippen molar-refractivity contribution in [2.45, 2.75) is 57.4 Å². The van der Waals surface area contributed by atoms with Gasteiger partial charge in [-0.2, -0.15) is 0 Å². The van der Waals surface area contributed by atoms with E-state index in [0.717, 1.165) is 60.1 Å². The molecule has 1 aromatic heterocycles. The van der Waals surface area contributed by atoms with E-state index in [9.17, 15) is 9.59 Å². The molecule has 0 saturated heterocycles. The number of fused-ring (bicyclic) bond motifs is 1. The molecular formula is C30H40N4O4S. The zero-order chi connectivity index (χ0) is 27.8. The zero-order valence-corrected chi connectivity index (χ0v) is 24.0. The highest BCUT2D eigenvalue weighted by molar-refractivity contribution is 7.94. The molecule has 4 rings (SSSR count). The normalized spacial score (nSPS) is 14.1. The van der Waals surface area contributed by atoms with Gasteiger partial charge >= 0.3 is 5.97 Å². The maximum absolute atomic E-state index is 13.3. The first-order valence-electron chi connectivity index (χ1n) is 13.7. The molecule has 0 unspecified atom stereocenters. The maximum atomic E-state index is 13.3. The molecule has 1 amide bonds. The third-order valence-corrected chi connectivity index (χ3v) is 8.15. The molecule has 0 aliphatic heterocycles. The zero-order valence-electron chi connectivity index (χ0n) is 23.2. The number of methoxy groups -OCH3 is 2. The predicted molar refractivity (Wildman–Crippen MR) is 158 cm³/mol. The third-order valence-electron chi connectivity index (χ3n) is 7.61. The average Bonchev–Trinajstić information content (AvgIpc) is 3.29. The smallest absolute Gasteiger partial charge is 0.337 e. The second kappa shape index (κ2) is 13.9. The molecule has 1 fully saturated rings. The van der Waals surface area contributed by atoms with Crippen molar-refractivity contribution in [1.29, 1.82) is 0 Å². The first-order chi connectivity index (χ1) is 19.0. The van der Waals surface area contributed by atoms with Gasteiger partial charge in [-0.1, -0.05) is 25.3 Å². The molecule has 2 aromatic carbocycles. The average molecular weight is 553 g/mol. The van der Waals surface area contributed by atoms with E-state index >= 15 is 0 Å². The van der Waals surface area contributed by atoms with Crippen LogP contribution in [0.3, 0.4) is 0 Å². The van der Waals surface area contributed by atoms with Crippen LogP contribution in [0.4, 0.5) is 0 Å². The number of unbranched alkanes of at least 4 members (excludes halogenated alkanes) is 1. The Labute approximate surface area is 235 Å². The molecule has 1 heterocycles. The monoisotopic (exact) mass is 552 g/mol. The summed E-state index contributed by atoms with van der Waals surface area (Å²) in [7, 11) is 5.00.